The zero-order valence-electron chi connectivity index (χ0n) is 5.10. The molecule has 1 heterocycles. The Morgan fingerprint density at radius 2 is 2.40 bits per heavy atom. The van der Waals surface area contributed by atoms with Crippen LogP contribution in [0.4, 0.5) is 0 Å². The van der Waals surface area contributed by atoms with Crippen LogP contribution in [0.5, 0.6) is 0 Å². The van der Waals surface area contributed by atoms with Gasteiger partial charge in [0.2, 0.25) is 0 Å². The topological polar surface area (TPSA) is 55.7 Å². The highest BCUT2D eigenvalue weighted by atomic mass is 35.5. The molecule has 1 atom stereocenters. The number of aliphatic hydroxyl groups excluding tert-OH is 2. The molecule has 0 aromatic carbocycles. The molecule has 1 unspecified atom stereocenters. The van der Waals surface area contributed by atoms with Gasteiger partial charge in [0.1, 0.15) is 0 Å². The number of hydrogen-bond acceptors (Lipinski definition) is 5. The number of nitrogens with zero attached hydrogens (tertiary/aromatic N) is 1. The molecule has 0 aromatic heterocycles. The molecule has 0 bridgehead atoms. The second-order valence-electron chi connectivity index (χ2n) is 1.56. The fraction of sp³-hybridized carbons (Fsp3) is 0.500. The minimum atomic E-state index is -0.837. The van der Waals surface area contributed by atoms with Crippen LogP contribution in [-0.4, -0.2) is 28.1 Å². The first-order valence-electron chi connectivity index (χ1n) is 2.50. The molecular weight excluding hydrogens is 176 g/mol. The fourth-order valence-electron chi connectivity index (χ4n) is 0.466. The van der Waals surface area contributed by atoms with Gasteiger partial charge in [0.15, 0.2) is 6.23 Å². The Kier molecular flexibility index (Phi) is 4.84. The summed E-state index contributed by atoms with van der Waals surface area (Å²) in [5, 5.41) is 20.5. The van der Waals surface area contributed by atoms with Crippen molar-refractivity contribution < 1.29 is 10.2 Å². The molecule has 4 nitrogen and oxygen atoms in total. The van der Waals surface area contributed by atoms with Gasteiger partial charge in [0, 0.05) is 11.6 Å². The second-order valence-corrected chi connectivity index (χ2v) is 2.26. The zero-order chi connectivity index (χ0) is 6.69. The summed E-state index contributed by atoms with van der Waals surface area (Å²) in [6.07, 6.45) is 0.821. The molecule has 0 saturated carbocycles. The van der Waals surface area contributed by atoms with Crippen LogP contribution in [0.3, 0.4) is 0 Å². The molecule has 0 radical (unpaired) electrons. The summed E-state index contributed by atoms with van der Waals surface area (Å²) >= 11 is 1.35. The quantitative estimate of drug-likeness (QED) is 0.513. The van der Waals surface area contributed by atoms with E-state index in [1.54, 1.807) is 11.6 Å². The summed E-state index contributed by atoms with van der Waals surface area (Å²) < 4.78 is 0. The van der Waals surface area contributed by atoms with Crippen molar-refractivity contribution in [2.45, 2.75) is 6.23 Å². The third kappa shape index (κ3) is 2.36. The molecule has 0 amide bonds. The number of halogens is 1. The maximum atomic E-state index is 8.91. The van der Waals surface area contributed by atoms with Crippen LogP contribution in [-0.2, 0) is 0 Å². The molecule has 0 aromatic rings. The third-order valence-electron chi connectivity index (χ3n) is 0.932. The molecule has 0 aliphatic carbocycles. The smallest absolute Gasteiger partial charge is 0.164 e. The van der Waals surface area contributed by atoms with Crippen LogP contribution >= 0.6 is 24.4 Å². The second kappa shape index (κ2) is 4.81. The first-order valence-corrected chi connectivity index (χ1v) is 3.38. The molecule has 0 saturated heterocycles. The van der Waals surface area contributed by atoms with Gasteiger partial charge < -0.3 is 10.2 Å². The number of hydrogen-bond donors (Lipinski definition) is 3. The van der Waals surface area contributed by atoms with E-state index in [0.29, 0.717) is 0 Å². The highest BCUT2D eigenvalue weighted by Crippen LogP contribution is 2.09. The summed E-state index contributed by atoms with van der Waals surface area (Å²) in [5.41, 5.74) is 0. The molecule has 1 aliphatic rings. The lowest BCUT2D eigenvalue weighted by Crippen LogP contribution is -2.37. The van der Waals surface area contributed by atoms with E-state index in [1.165, 1.54) is 17.0 Å². The minimum absolute atomic E-state index is 0. The Bertz CT molecular complexity index is 124. The summed E-state index contributed by atoms with van der Waals surface area (Å²) in [6, 6.07) is 0. The predicted octanol–water partition coefficient (Wildman–Crippen LogP) is -0.342. The van der Waals surface area contributed by atoms with Gasteiger partial charge in [-0.1, -0.05) is 0 Å². The van der Waals surface area contributed by atoms with E-state index in [1.807, 2.05) is 0 Å². The zero-order valence-corrected chi connectivity index (χ0v) is 6.73. The first-order chi connectivity index (χ1) is 4.34. The molecule has 1 aliphatic heterocycles. The van der Waals surface area contributed by atoms with Crippen molar-refractivity contribution in [1.82, 2.24) is 9.84 Å². The van der Waals surface area contributed by atoms with Crippen LogP contribution < -0.4 is 4.83 Å². The normalized spacial score (nSPS) is 18.8. The van der Waals surface area contributed by atoms with Gasteiger partial charge in [-0.2, -0.15) is 4.83 Å². The summed E-state index contributed by atoms with van der Waals surface area (Å²) in [5.74, 6) is 0. The lowest BCUT2D eigenvalue weighted by Gasteiger charge is -2.19. The lowest BCUT2D eigenvalue weighted by atomic mass is 10.6. The van der Waals surface area contributed by atoms with E-state index < -0.39 is 6.23 Å². The highest BCUT2D eigenvalue weighted by Gasteiger charge is 2.12. The van der Waals surface area contributed by atoms with E-state index >= 15 is 0 Å². The van der Waals surface area contributed by atoms with E-state index in [9.17, 15) is 0 Å². The van der Waals surface area contributed by atoms with Gasteiger partial charge in [-0.25, -0.2) is 0 Å². The fourth-order valence-corrected chi connectivity index (χ4v) is 1.02. The van der Waals surface area contributed by atoms with Gasteiger partial charge in [0.25, 0.3) is 0 Å². The summed E-state index contributed by atoms with van der Waals surface area (Å²) in [4.78, 5) is 2.74. The average molecular weight is 185 g/mol. The van der Waals surface area contributed by atoms with Crippen LogP contribution in [0, 0.1) is 0 Å². The monoisotopic (exact) mass is 184 g/mol. The largest absolute Gasteiger partial charge is 0.392 e. The number of hydrazine groups is 1. The Morgan fingerprint density at radius 3 is 2.80 bits per heavy atom. The van der Waals surface area contributed by atoms with Crippen molar-refractivity contribution in [2.75, 3.05) is 6.61 Å². The SMILES string of the molecule is Cl.OCC(O)N1C=CSN1. The van der Waals surface area contributed by atoms with Crippen LogP contribution in [0.25, 0.3) is 0 Å². The van der Waals surface area contributed by atoms with E-state index in [4.69, 9.17) is 10.2 Å². The number of rotatable bonds is 2. The highest BCUT2D eigenvalue weighted by molar-refractivity contribution is 8.00. The van der Waals surface area contributed by atoms with Crippen molar-refractivity contribution >= 4 is 24.4 Å². The van der Waals surface area contributed by atoms with Crippen LogP contribution in [0.1, 0.15) is 0 Å². The van der Waals surface area contributed by atoms with Gasteiger partial charge in [-0.15, -0.1) is 12.4 Å². The molecule has 0 fully saturated rings. The first kappa shape index (κ1) is 10.1. The van der Waals surface area contributed by atoms with Gasteiger partial charge in [-0.05, 0) is 11.9 Å². The van der Waals surface area contributed by atoms with Gasteiger partial charge in [0.05, 0.1) is 6.61 Å². The Morgan fingerprint density at radius 1 is 1.70 bits per heavy atom. The molecule has 6 heteroatoms. The third-order valence-corrected chi connectivity index (χ3v) is 1.51. The maximum Gasteiger partial charge on any atom is 0.164 e. The van der Waals surface area contributed by atoms with Crippen LogP contribution in [0.2, 0.25) is 0 Å². The number of nitrogens with one attached hydrogen (secondary N) is 1. The molecule has 0 spiro atoms. The maximum absolute atomic E-state index is 8.91. The van der Waals surface area contributed by atoms with Crippen molar-refractivity contribution in [2.24, 2.45) is 0 Å². The van der Waals surface area contributed by atoms with Gasteiger partial charge in [-0.3, -0.25) is 5.01 Å². The minimum Gasteiger partial charge on any atom is -0.392 e. The molecule has 3 N–H and O–H groups in total. The van der Waals surface area contributed by atoms with Crippen molar-refractivity contribution in [3.8, 4) is 0 Å². The standard InChI is InChI=1S/C4H8N2O2S.ClH/c7-3-4(8)6-1-2-9-5-6;/h1-2,4-5,7-8H,3H2;1H. The van der Waals surface area contributed by atoms with Crippen LogP contribution in [0.15, 0.2) is 11.6 Å². The van der Waals surface area contributed by atoms with Gasteiger partial charge >= 0.3 is 0 Å². The molecule has 1 rings (SSSR count). The van der Waals surface area contributed by atoms with Crippen molar-refractivity contribution in [1.29, 1.82) is 0 Å². The summed E-state index contributed by atoms with van der Waals surface area (Å²) in [7, 11) is 0. The average Bonchev–Trinajstić information content (AvgIpc) is 2.37. The Labute approximate surface area is 69.4 Å². The van der Waals surface area contributed by atoms with Crippen molar-refractivity contribution in [3.63, 3.8) is 0 Å². The Hall–Kier alpha value is 0.0600. The summed E-state index contributed by atoms with van der Waals surface area (Å²) in [6.45, 7) is -0.266. The molecule has 10 heavy (non-hydrogen) atoms. The lowest BCUT2D eigenvalue weighted by molar-refractivity contribution is -0.0160. The van der Waals surface area contributed by atoms with E-state index in [-0.39, 0.29) is 19.0 Å². The predicted molar refractivity (Wildman–Crippen MR) is 42.0 cm³/mol. The van der Waals surface area contributed by atoms with E-state index in [0.717, 1.165) is 0 Å². The van der Waals surface area contributed by atoms with Crippen molar-refractivity contribution in [3.05, 3.63) is 11.6 Å². The number of aliphatic hydroxyl groups is 2. The van der Waals surface area contributed by atoms with E-state index in [2.05, 4.69) is 4.83 Å². The Balaban J connectivity index is 0.000000810. The molecule has 60 valence electrons. The molecular formula is C4H9ClN2O2S.